The molecule has 0 fully saturated rings. The van der Waals surface area contributed by atoms with Gasteiger partial charge in [-0.1, -0.05) is 6.07 Å². The van der Waals surface area contributed by atoms with Crippen LogP contribution in [0.2, 0.25) is 0 Å². The summed E-state index contributed by atoms with van der Waals surface area (Å²) in [5.74, 6) is 0. The fraction of sp³-hybridized carbons (Fsp3) is 0.143. The van der Waals surface area contributed by atoms with E-state index >= 15 is 0 Å². The smallest absolute Gasteiger partial charge is 0.280 e. The number of sulfonamides is 2. The Morgan fingerprint density at radius 3 is 1.84 bits per heavy atom. The van der Waals surface area contributed by atoms with Gasteiger partial charge in [-0.05, 0) is 49.5 Å². The summed E-state index contributed by atoms with van der Waals surface area (Å²) < 4.78 is 89.8. The lowest BCUT2D eigenvalue weighted by atomic mass is 10.2. The first-order chi connectivity index (χ1) is 11.5. The average Bonchev–Trinajstić information content (AvgIpc) is 2.54. The summed E-state index contributed by atoms with van der Waals surface area (Å²) in [6.07, 6.45) is -4.61. The molecule has 0 aromatic heterocycles. The van der Waals surface area contributed by atoms with E-state index in [1.54, 1.807) is 0 Å². The molecule has 0 saturated heterocycles. The zero-order valence-electron chi connectivity index (χ0n) is 12.7. The van der Waals surface area contributed by atoms with Gasteiger partial charge in [-0.25, -0.2) is 21.6 Å². The molecule has 2 N–H and O–H groups in total. The Bertz CT molecular complexity index is 970. The number of hydrogen-bond donors (Lipinski definition) is 2. The first-order valence-electron chi connectivity index (χ1n) is 6.69. The Morgan fingerprint density at radius 2 is 1.36 bits per heavy atom. The molecule has 0 unspecified atom stereocenters. The topological polar surface area (TPSA) is 92.3 Å². The summed E-state index contributed by atoms with van der Waals surface area (Å²) in [5, 5.41) is 0. The highest BCUT2D eigenvalue weighted by Gasteiger charge is 2.30. The van der Waals surface area contributed by atoms with Crippen LogP contribution in [0, 0.1) is 0 Å². The van der Waals surface area contributed by atoms with Gasteiger partial charge in [0.1, 0.15) is 0 Å². The third-order valence-electron chi connectivity index (χ3n) is 3.16. The van der Waals surface area contributed by atoms with Crippen molar-refractivity contribution < 1.29 is 30.0 Å². The van der Waals surface area contributed by atoms with Crippen molar-refractivity contribution in [2.75, 3.05) is 11.8 Å². The van der Waals surface area contributed by atoms with Gasteiger partial charge in [0.15, 0.2) is 0 Å². The lowest BCUT2D eigenvalue weighted by Gasteiger charge is -2.11. The molecule has 11 heteroatoms. The number of benzene rings is 2. The number of halogens is 3. The van der Waals surface area contributed by atoms with Crippen molar-refractivity contribution in [3.05, 3.63) is 54.1 Å². The Morgan fingerprint density at radius 1 is 0.840 bits per heavy atom. The van der Waals surface area contributed by atoms with E-state index in [2.05, 4.69) is 4.72 Å². The Balaban J connectivity index is 2.31. The zero-order valence-corrected chi connectivity index (χ0v) is 14.3. The normalized spacial score (nSPS) is 12.8. The standard InChI is InChI=1S/C14H13F3N2O4S2/c1-18-24(20,21)12-5-7-13(8-6-12)25(22,23)19-11-4-2-3-10(9-11)14(15,16)17/h2-9,18-19H,1H3. The van der Waals surface area contributed by atoms with Crippen molar-refractivity contribution in [2.24, 2.45) is 0 Å². The van der Waals surface area contributed by atoms with Crippen LogP contribution >= 0.6 is 0 Å². The van der Waals surface area contributed by atoms with E-state index in [9.17, 15) is 30.0 Å². The summed E-state index contributed by atoms with van der Waals surface area (Å²) >= 11 is 0. The maximum Gasteiger partial charge on any atom is 0.416 e. The van der Waals surface area contributed by atoms with E-state index in [0.29, 0.717) is 6.07 Å². The molecule has 2 rings (SSSR count). The molecule has 25 heavy (non-hydrogen) atoms. The van der Waals surface area contributed by atoms with Gasteiger partial charge >= 0.3 is 6.18 Å². The predicted molar refractivity (Wildman–Crippen MR) is 84.9 cm³/mol. The first kappa shape index (κ1) is 19.2. The number of nitrogens with one attached hydrogen (secondary N) is 2. The molecule has 0 heterocycles. The fourth-order valence-corrected chi connectivity index (χ4v) is 3.67. The van der Waals surface area contributed by atoms with Crippen LogP contribution in [-0.4, -0.2) is 23.9 Å². The molecule has 0 atom stereocenters. The highest BCUT2D eigenvalue weighted by Crippen LogP contribution is 2.31. The summed E-state index contributed by atoms with van der Waals surface area (Å²) in [6.45, 7) is 0. The number of anilines is 1. The van der Waals surface area contributed by atoms with Crippen LogP contribution in [0.4, 0.5) is 18.9 Å². The molecule has 0 amide bonds. The maximum absolute atomic E-state index is 12.7. The molecule has 6 nitrogen and oxygen atoms in total. The van der Waals surface area contributed by atoms with Crippen LogP contribution in [0.3, 0.4) is 0 Å². The summed E-state index contributed by atoms with van der Waals surface area (Å²) in [7, 11) is -6.71. The fourth-order valence-electron chi connectivity index (χ4n) is 1.89. The van der Waals surface area contributed by atoms with Gasteiger partial charge in [0.2, 0.25) is 10.0 Å². The molecule has 0 aliphatic rings. The van der Waals surface area contributed by atoms with Gasteiger partial charge in [0, 0.05) is 5.69 Å². The van der Waals surface area contributed by atoms with Gasteiger partial charge in [-0.3, -0.25) is 4.72 Å². The largest absolute Gasteiger partial charge is 0.416 e. The molecule has 0 aliphatic heterocycles. The van der Waals surface area contributed by atoms with E-state index in [4.69, 9.17) is 0 Å². The van der Waals surface area contributed by atoms with Gasteiger partial charge in [0.25, 0.3) is 10.0 Å². The highest BCUT2D eigenvalue weighted by atomic mass is 32.2. The van der Waals surface area contributed by atoms with Crippen molar-refractivity contribution >= 4 is 25.7 Å². The van der Waals surface area contributed by atoms with Crippen molar-refractivity contribution in [1.82, 2.24) is 4.72 Å². The molecule has 136 valence electrons. The third kappa shape index (κ3) is 4.50. The monoisotopic (exact) mass is 394 g/mol. The van der Waals surface area contributed by atoms with Gasteiger partial charge < -0.3 is 0 Å². The average molecular weight is 394 g/mol. The quantitative estimate of drug-likeness (QED) is 0.815. The van der Waals surface area contributed by atoms with E-state index in [-0.39, 0.29) is 15.5 Å². The Labute approximate surface area is 142 Å². The van der Waals surface area contributed by atoms with Crippen molar-refractivity contribution in [2.45, 2.75) is 16.0 Å². The van der Waals surface area contributed by atoms with E-state index < -0.39 is 31.8 Å². The first-order valence-corrected chi connectivity index (χ1v) is 9.66. The summed E-state index contributed by atoms with van der Waals surface area (Å²) in [4.78, 5) is -0.437. The summed E-state index contributed by atoms with van der Waals surface area (Å²) in [6, 6.07) is 7.96. The maximum atomic E-state index is 12.7. The van der Waals surface area contributed by atoms with Crippen LogP contribution in [-0.2, 0) is 26.2 Å². The molecular formula is C14H13F3N2O4S2. The second-order valence-electron chi connectivity index (χ2n) is 4.86. The minimum absolute atomic E-state index is 0.145. The molecule has 2 aromatic carbocycles. The second kappa shape index (κ2) is 6.65. The lowest BCUT2D eigenvalue weighted by Crippen LogP contribution is -2.19. The molecule has 0 aliphatic carbocycles. The van der Waals surface area contributed by atoms with Gasteiger partial charge in [-0.15, -0.1) is 0 Å². The van der Waals surface area contributed by atoms with Crippen LogP contribution in [0.5, 0.6) is 0 Å². The molecular weight excluding hydrogens is 381 g/mol. The van der Waals surface area contributed by atoms with Crippen LogP contribution in [0.25, 0.3) is 0 Å². The number of hydrogen-bond acceptors (Lipinski definition) is 4. The second-order valence-corrected chi connectivity index (χ2v) is 8.43. The third-order valence-corrected chi connectivity index (χ3v) is 5.98. The van der Waals surface area contributed by atoms with Crippen LogP contribution in [0.1, 0.15) is 5.56 Å². The minimum Gasteiger partial charge on any atom is -0.280 e. The highest BCUT2D eigenvalue weighted by molar-refractivity contribution is 7.92. The van der Waals surface area contributed by atoms with E-state index in [0.717, 1.165) is 36.4 Å². The molecule has 0 spiro atoms. The van der Waals surface area contributed by atoms with Crippen LogP contribution < -0.4 is 9.44 Å². The van der Waals surface area contributed by atoms with Crippen molar-refractivity contribution in [3.8, 4) is 0 Å². The molecule has 0 saturated carbocycles. The number of alkyl halides is 3. The van der Waals surface area contributed by atoms with Gasteiger partial charge in [-0.2, -0.15) is 13.2 Å². The van der Waals surface area contributed by atoms with Crippen LogP contribution in [0.15, 0.2) is 58.3 Å². The predicted octanol–water partition coefficient (Wildman–Crippen LogP) is 2.41. The zero-order chi connectivity index (χ0) is 18.9. The molecule has 0 radical (unpaired) electrons. The minimum atomic E-state index is -4.61. The SMILES string of the molecule is CNS(=O)(=O)c1ccc(S(=O)(=O)Nc2cccc(C(F)(F)F)c2)cc1. The van der Waals surface area contributed by atoms with Crippen molar-refractivity contribution in [1.29, 1.82) is 0 Å². The van der Waals surface area contributed by atoms with Crippen molar-refractivity contribution in [3.63, 3.8) is 0 Å². The summed E-state index contributed by atoms with van der Waals surface area (Å²) in [5.41, 5.74) is -1.26. The Kier molecular flexibility index (Phi) is 5.11. The van der Waals surface area contributed by atoms with Gasteiger partial charge in [0.05, 0.1) is 15.4 Å². The van der Waals surface area contributed by atoms with E-state index in [1.807, 2.05) is 4.72 Å². The Hall–Kier alpha value is -2.11. The van der Waals surface area contributed by atoms with E-state index in [1.165, 1.54) is 13.1 Å². The lowest BCUT2D eigenvalue weighted by molar-refractivity contribution is -0.137. The number of rotatable bonds is 5. The molecule has 0 bridgehead atoms. The molecule has 2 aromatic rings.